The maximum Gasteiger partial charge on any atom is 0.217 e. The first-order valence-electron chi connectivity index (χ1n) is 4.16. The van der Waals surface area contributed by atoms with E-state index >= 15 is 0 Å². The SMILES string of the molecule is O=S1(=O)NCCC12CCCC2. The van der Waals surface area contributed by atoms with Crippen LogP contribution in [-0.4, -0.2) is 19.7 Å². The number of rotatable bonds is 0. The number of hydrogen-bond acceptors (Lipinski definition) is 2. The Kier molecular flexibility index (Phi) is 1.51. The summed E-state index contributed by atoms with van der Waals surface area (Å²) in [5.41, 5.74) is 0. The first kappa shape index (κ1) is 7.55. The van der Waals surface area contributed by atoms with E-state index in [1.807, 2.05) is 0 Å². The monoisotopic (exact) mass is 175 g/mol. The second-order valence-corrected chi connectivity index (χ2v) is 5.70. The van der Waals surface area contributed by atoms with Crippen molar-refractivity contribution in [2.45, 2.75) is 36.9 Å². The fourth-order valence-electron chi connectivity index (χ4n) is 2.24. The summed E-state index contributed by atoms with van der Waals surface area (Å²) in [6, 6.07) is 0. The molecule has 1 spiro atoms. The summed E-state index contributed by atoms with van der Waals surface area (Å²) in [4.78, 5) is 0. The summed E-state index contributed by atoms with van der Waals surface area (Å²) in [7, 11) is -2.94. The summed E-state index contributed by atoms with van der Waals surface area (Å²) in [6.07, 6.45) is 4.75. The summed E-state index contributed by atoms with van der Waals surface area (Å²) in [5, 5.41) is 0. The van der Waals surface area contributed by atoms with Gasteiger partial charge in [-0.3, -0.25) is 0 Å². The van der Waals surface area contributed by atoms with Crippen LogP contribution < -0.4 is 4.72 Å². The van der Waals surface area contributed by atoms with Gasteiger partial charge in [-0.25, -0.2) is 13.1 Å². The second kappa shape index (κ2) is 2.20. The zero-order valence-corrected chi connectivity index (χ0v) is 7.28. The minimum atomic E-state index is -2.94. The van der Waals surface area contributed by atoms with Crippen molar-refractivity contribution < 1.29 is 8.42 Å². The average Bonchev–Trinajstić information content (AvgIpc) is 2.45. The molecule has 2 aliphatic rings. The molecule has 2 rings (SSSR count). The van der Waals surface area contributed by atoms with Gasteiger partial charge in [-0.2, -0.15) is 0 Å². The third kappa shape index (κ3) is 0.924. The molecule has 1 heterocycles. The highest BCUT2D eigenvalue weighted by molar-refractivity contribution is 7.91. The zero-order chi connectivity index (χ0) is 7.95. The predicted molar refractivity (Wildman–Crippen MR) is 42.7 cm³/mol. The number of sulfonamides is 1. The third-order valence-corrected chi connectivity index (χ3v) is 5.29. The van der Waals surface area contributed by atoms with Gasteiger partial charge in [-0.15, -0.1) is 0 Å². The molecule has 4 heteroatoms. The smallest absolute Gasteiger partial charge is 0.215 e. The molecule has 3 nitrogen and oxygen atoms in total. The Labute approximate surface area is 67.2 Å². The highest BCUT2D eigenvalue weighted by Gasteiger charge is 2.49. The van der Waals surface area contributed by atoms with Gasteiger partial charge >= 0.3 is 0 Å². The van der Waals surface area contributed by atoms with Crippen LogP contribution >= 0.6 is 0 Å². The van der Waals surface area contributed by atoms with Crippen molar-refractivity contribution in [3.05, 3.63) is 0 Å². The Bertz CT molecular complexity index is 246. The molecule has 2 fully saturated rings. The summed E-state index contributed by atoms with van der Waals surface area (Å²) in [5.74, 6) is 0. The van der Waals surface area contributed by atoms with Crippen LogP contribution in [0, 0.1) is 0 Å². The molecule has 64 valence electrons. The Morgan fingerprint density at radius 2 is 1.73 bits per heavy atom. The molecular weight excluding hydrogens is 162 g/mol. The van der Waals surface area contributed by atoms with Gasteiger partial charge in [0.2, 0.25) is 10.0 Å². The lowest BCUT2D eigenvalue weighted by atomic mass is 10.0. The molecule has 1 N–H and O–H groups in total. The molecule has 0 aromatic rings. The Hall–Kier alpha value is -0.0900. The highest BCUT2D eigenvalue weighted by atomic mass is 32.2. The quantitative estimate of drug-likeness (QED) is 0.586. The molecule has 0 unspecified atom stereocenters. The largest absolute Gasteiger partial charge is 0.217 e. The Balaban J connectivity index is 2.37. The summed E-state index contributed by atoms with van der Waals surface area (Å²) >= 11 is 0. The zero-order valence-electron chi connectivity index (χ0n) is 6.47. The van der Waals surface area contributed by atoms with Gasteiger partial charge in [0.05, 0.1) is 4.75 Å². The van der Waals surface area contributed by atoms with E-state index in [0.717, 1.165) is 32.1 Å². The lowest BCUT2D eigenvalue weighted by Gasteiger charge is -2.19. The molecule has 0 bridgehead atoms. The van der Waals surface area contributed by atoms with Crippen molar-refractivity contribution in [3.8, 4) is 0 Å². The maximum atomic E-state index is 11.5. The molecular formula is C7H13NO2S. The normalized spacial score (nSPS) is 33.1. The minimum absolute atomic E-state index is 0.354. The van der Waals surface area contributed by atoms with Crippen LogP contribution in [0.2, 0.25) is 0 Å². The van der Waals surface area contributed by atoms with Crippen LogP contribution in [0.3, 0.4) is 0 Å². The van der Waals surface area contributed by atoms with E-state index < -0.39 is 10.0 Å². The standard InChI is InChI=1S/C7H13NO2S/c9-11(10)7(5-6-8-11)3-1-2-4-7/h8H,1-6H2. The minimum Gasteiger partial charge on any atom is -0.215 e. The second-order valence-electron chi connectivity index (χ2n) is 3.54. The van der Waals surface area contributed by atoms with E-state index in [1.165, 1.54) is 0 Å². The first-order valence-corrected chi connectivity index (χ1v) is 5.64. The van der Waals surface area contributed by atoms with Crippen molar-refractivity contribution in [1.82, 2.24) is 4.72 Å². The van der Waals surface area contributed by atoms with Crippen LogP contribution in [-0.2, 0) is 10.0 Å². The van der Waals surface area contributed by atoms with E-state index in [0.29, 0.717) is 6.54 Å². The highest BCUT2D eigenvalue weighted by Crippen LogP contribution is 2.41. The molecule has 0 aromatic heterocycles. The van der Waals surface area contributed by atoms with Crippen molar-refractivity contribution in [1.29, 1.82) is 0 Å². The van der Waals surface area contributed by atoms with Crippen molar-refractivity contribution in [2.75, 3.05) is 6.54 Å². The molecule has 1 saturated carbocycles. The lowest BCUT2D eigenvalue weighted by molar-refractivity contribution is 0.522. The van der Waals surface area contributed by atoms with Gasteiger partial charge in [0.25, 0.3) is 0 Å². The number of hydrogen-bond donors (Lipinski definition) is 1. The van der Waals surface area contributed by atoms with Crippen molar-refractivity contribution in [3.63, 3.8) is 0 Å². The van der Waals surface area contributed by atoms with Gasteiger partial charge < -0.3 is 0 Å². The van der Waals surface area contributed by atoms with E-state index in [1.54, 1.807) is 0 Å². The van der Waals surface area contributed by atoms with Crippen LogP contribution in [0.25, 0.3) is 0 Å². The van der Waals surface area contributed by atoms with Gasteiger partial charge in [0.1, 0.15) is 0 Å². The van der Waals surface area contributed by atoms with Crippen LogP contribution in [0.1, 0.15) is 32.1 Å². The predicted octanol–water partition coefficient (Wildman–Crippen LogP) is 0.622. The fraction of sp³-hybridized carbons (Fsp3) is 1.00. The van der Waals surface area contributed by atoms with E-state index in [-0.39, 0.29) is 4.75 Å². The molecule has 1 aliphatic carbocycles. The van der Waals surface area contributed by atoms with E-state index in [2.05, 4.69) is 4.72 Å². The van der Waals surface area contributed by atoms with Gasteiger partial charge in [0, 0.05) is 6.54 Å². The van der Waals surface area contributed by atoms with Crippen LogP contribution in [0.15, 0.2) is 0 Å². The fourth-order valence-corrected chi connectivity index (χ4v) is 4.11. The van der Waals surface area contributed by atoms with Crippen molar-refractivity contribution in [2.24, 2.45) is 0 Å². The van der Waals surface area contributed by atoms with Crippen LogP contribution in [0.5, 0.6) is 0 Å². The van der Waals surface area contributed by atoms with Gasteiger partial charge in [-0.05, 0) is 19.3 Å². The topological polar surface area (TPSA) is 46.2 Å². The Morgan fingerprint density at radius 3 is 2.18 bits per heavy atom. The lowest BCUT2D eigenvalue weighted by Crippen LogP contribution is -2.34. The van der Waals surface area contributed by atoms with Gasteiger partial charge in [0.15, 0.2) is 0 Å². The molecule has 11 heavy (non-hydrogen) atoms. The van der Waals surface area contributed by atoms with Crippen molar-refractivity contribution >= 4 is 10.0 Å². The van der Waals surface area contributed by atoms with E-state index in [9.17, 15) is 8.42 Å². The molecule has 1 saturated heterocycles. The molecule has 0 radical (unpaired) electrons. The summed E-state index contributed by atoms with van der Waals surface area (Å²) < 4.78 is 25.2. The maximum absolute atomic E-state index is 11.5. The number of nitrogens with one attached hydrogen (secondary N) is 1. The first-order chi connectivity index (χ1) is 5.16. The average molecular weight is 175 g/mol. The Morgan fingerprint density at radius 1 is 1.09 bits per heavy atom. The van der Waals surface area contributed by atoms with E-state index in [4.69, 9.17) is 0 Å². The molecule has 1 aliphatic heterocycles. The molecule has 0 atom stereocenters. The molecule has 0 amide bonds. The molecule has 0 aromatic carbocycles. The van der Waals surface area contributed by atoms with Gasteiger partial charge in [-0.1, -0.05) is 12.8 Å². The summed E-state index contributed by atoms with van der Waals surface area (Å²) in [6.45, 7) is 0.655. The van der Waals surface area contributed by atoms with Crippen LogP contribution in [0.4, 0.5) is 0 Å². The third-order valence-electron chi connectivity index (χ3n) is 2.96.